The summed E-state index contributed by atoms with van der Waals surface area (Å²) in [4.78, 5) is 54.7. The fourth-order valence-electron chi connectivity index (χ4n) is 5.48. The molecular weight excluding hydrogens is 759 g/mol. The van der Waals surface area contributed by atoms with Crippen molar-refractivity contribution in [3.05, 3.63) is 144 Å². The molecule has 1 fully saturated rings. The zero-order valence-corrected chi connectivity index (χ0v) is 32.8. The molecule has 5 atom stereocenters. The largest absolute Gasteiger partial charge is 0.459 e. The van der Waals surface area contributed by atoms with E-state index >= 15 is 0 Å². The Labute approximate surface area is 330 Å². The zero-order chi connectivity index (χ0) is 39.8. The Morgan fingerprint density at radius 1 is 0.554 bits per heavy atom. The molecule has 12 nitrogen and oxygen atoms in total. The Morgan fingerprint density at radius 3 is 1.34 bits per heavy atom. The molecular formula is C42H45O12PS. The van der Waals surface area contributed by atoms with E-state index in [1.165, 1.54) is 36.4 Å². The summed E-state index contributed by atoms with van der Waals surface area (Å²) in [6.07, 6.45) is -3.42. The van der Waals surface area contributed by atoms with Crippen LogP contribution in [0.2, 0.25) is 0 Å². The van der Waals surface area contributed by atoms with Crippen LogP contribution in [0.4, 0.5) is 0 Å². The molecule has 1 saturated heterocycles. The third-order valence-corrected chi connectivity index (χ3v) is 12.3. The molecule has 1 aliphatic rings. The van der Waals surface area contributed by atoms with Crippen LogP contribution >= 0.6 is 18.2 Å². The second-order valence-corrected chi connectivity index (χ2v) is 16.7. The first-order chi connectivity index (χ1) is 27.2. The lowest BCUT2D eigenvalue weighted by Crippen LogP contribution is -2.61. The van der Waals surface area contributed by atoms with Gasteiger partial charge in [0, 0.05) is 0 Å². The maximum atomic E-state index is 14.5. The maximum absolute atomic E-state index is 14.5. The summed E-state index contributed by atoms with van der Waals surface area (Å²) >= 11 is 0.632. The highest BCUT2D eigenvalue weighted by Crippen LogP contribution is 2.64. The fraction of sp³-hybridized carbons (Fsp3) is 0.333. The number of hydrogen-bond donors (Lipinski definition) is 0. The van der Waals surface area contributed by atoms with E-state index in [2.05, 4.69) is 0 Å². The minimum atomic E-state index is -4.08. The van der Waals surface area contributed by atoms with E-state index in [0.29, 0.717) is 24.2 Å². The normalized spacial score (nSPS) is 19.4. The summed E-state index contributed by atoms with van der Waals surface area (Å²) in [5, 5.41) is 0. The molecule has 0 aromatic heterocycles. The van der Waals surface area contributed by atoms with Crippen LogP contribution < -0.4 is 0 Å². The lowest BCUT2D eigenvalue weighted by molar-refractivity contribution is -0.207. The number of carbonyl (C=O) groups excluding carboxylic acids is 4. The van der Waals surface area contributed by atoms with Crippen molar-refractivity contribution in [2.24, 2.45) is 0 Å². The first-order valence-corrected chi connectivity index (χ1v) is 21.5. The van der Waals surface area contributed by atoms with Gasteiger partial charge in [-0.15, -0.1) is 0 Å². The molecule has 14 heteroatoms. The molecule has 4 aromatic rings. The van der Waals surface area contributed by atoms with Gasteiger partial charge in [0.2, 0.25) is 0 Å². The van der Waals surface area contributed by atoms with Crippen molar-refractivity contribution in [2.75, 3.05) is 19.8 Å². The van der Waals surface area contributed by atoms with Gasteiger partial charge in [-0.05, 0) is 72.8 Å². The predicted molar refractivity (Wildman–Crippen MR) is 209 cm³/mol. The second-order valence-electron chi connectivity index (χ2n) is 12.6. The van der Waals surface area contributed by atoms with Crippen molar-refractivity contribution in [3.63, 3.8) is 0 Å². The van der Waals surface area contributed by atoms with Crippen molar-refractivity contribution in [3.8, 4) is 0 Å². The minimum absolute atomic E-state index is 0.0932. The van der Waals surface area contributed by atoms with E-state index in [1.807, 2.05) is 13.8 Å². The van der Waals surface area contributed by atoms with E-state index in [0.717, 1.165) is 12.8 Å². The molecule has 0 aliphatic carbocycles. The smallest absolute Gasteiger partial charge is 0.391 e. The quantitative estimate of drug-likeness (QED) is 0.0385. The molecule has 296 valence electrons. The molecule has 1 heterocycles. The highest BCUT2D eigenvalue weighted by molar-refractivity contribution is 8.55. The average molecular weight is 805 g/mol. The van der Waals surface area contributed by atoms with Crippen LogP contribution in [0.5, 0.6) is 0 Å². The van der Waals surface area contributed by atoms with Gasteiger partial charge in [-0.3, -0.25) is 0 Å². The van der Waals surface area contributed by atoms with E-state index in [1.54, 1.807) is 84.9 Å². The van der Waals surface area contributed by atoms with Crippen LogP contribution in [0.15, 0.2) is 121 Å². The summed E-state index contributed by atoms with van der Waals surface area (Å²) in [5.74, 6) is -3.21. The van der Waals surface area contributed by atoms with Gasteiger partial charge in [0.05, 0.1) is 35.5 Å². The number of unbranched alkanes of at least 4 members (excludes halogenated alkanes) is 2. The Bertz CT molecular complexity index is 1880. The van der Waals surface area contributed by atoms with Crippen LogP contribution in [0.1, 0.15) is 81.0 Å². The van der Waals surface area contributed by atoms with Gasteiger partial charge in [0.15, 0.2) is 23.7 Å². The molecule has 0 amide bonds. The Kier molecular flexibility index (Phi) is 16.3. The zero-order valence-electron chi connectivity index (χ0n) is 31.1. The Balaban J connectivity index is 1.60. The molecule has 0 radical (unpaired) electrons. The molecule has 0 N–H and O–H groups in total. The fourth-order valence-corrected chi connectivity index (χ4v) is 9.24. The number of benzene rings is 4. The number of ether oxygens (including phenoxy) is 5. The summed E-state index contributed by atoms with van der Waals surface area (Å²) in [6.45, 7) is -0.513. The third-order valence-electron chi connectivity index (χ3n) is 8.46. The van der Waals surface area contributed by atoms with Crippen LogP contribution in [0, 0.1) is 0 Å². The third kappa shape index (κ3) is 12.1. The van der Waals surface area contributed by atoms with Crippen molar-refractivity contribution >= 4 is 42.1 Å². The maximum Gasteiger partial charge on any atom is 0.391 e. The van der Waals surface area contributed by atoms with Crippen LogP contribution in [0.25, 0.3) is 0 Å². The Morgan fingerprint density at radius 2 is 0.929 bits per heavy atom. The SMILES string of the molecule is CCCCOP(=O)(OCCCC)S[C@@H]1O[C@H](COC(=O)c2ccccc2)[C@@H](OC(=O)c2ccccc2)[C@H](OC(=O)c2ccccc2)[C@H]1OC(=O)c1ccccc1. The van der Waals surface area contributed by atoms with Gasteiger partial charge in [-0.25, -0.2) is 23.7 Å². The molecule has 4 aromatic carbocycles. The minimum Gasteiger partial charge on any atom is -0.459 e. The van der Waals surface area contributed by atoms with Gasteiger partial charge < -0.3 is 32.7 Å². The van der Waals surface area contributed by atoms with Gasteiger partial charge in [0.1, 0.15) is 12.7 Å². The molecule has 0 unspecified atom stereocenters. The van der Waals surface area contributed by atoms with E-state index in [4.69, 9.17) is 32.7 Å². The van der Waals surface area contributed by atoms with Crippen molar-refractivity contribution < 1.29 is 56.5 Å². The predicted octanol–water partition coefficient (Wildman–Crippen LogP) is 8.72. The number of esters is 4. The van der Waals surface area contributed by atoms with Crippen molar-refractivity contribution in [1.82, 2.24) is 0 Å². The first-order valence-electron chi connectivity index (χ1n) is 18.4. The lowest BCUT2D eigenvalue weighted by atomic mass is 9.98. The van der Waals surface area contributed by atoms with Crippen LogP contribution in [-0.2, 0) is 37.3 Å². The first kappa shape index (κ1) is 42.4. The number of hydrogen-bond acceptors (Lipinski definition) is 13. The summed E-state index contributed by atoms with van der Waals surface area (Å²) in [6, 6.07) is 32.4. The monoisotopic (exact) mass is 804 g/mol. The lowest BCUT2D eigenvalue weighted by Gasteiger charge is -2.44. The van der Waals surface area contributed by atoms with Gasteiger partial charge >= 0.3 is 30.7 Å². The number of rotatable bonds is 19. The van der Waals surface area contributed by atoms with E-state index in [9.17, 15) is 23.7 Å². The summed E-state index contributed by atoms with van der Waals surface area (Å²) < 4.78 is 56.8. The average Bonchev–Trinajstić information content (AvgIpc) is 3.23. The topological polar surface area (TPSA) is 150 Å². The molecule has 56 heavy (non-hydrogen) atoms. The summed E-state index contributed by atoms with van der Waals surface area (Å²) in [5.41, 5.74) is -0.729. The Hall–Kier alpha value is -4.78. The van der Waals surface area contributed by atoms with Gasteiger partial charge in [0.25, 0.3) is 0 Å². The van der Waals surface area contributed by atoms with Crippen molar-refractivity contribution in [1.29, 1.82) is 0 Å². The molecule has 0 spiro atoms. The number of carbonyl (C=O) groups is 4. The molecule has 0 bridgehead atoms. The highest BCUT2D eigenvalue weighted by Gasteiger charge is 2.55. The van der Waals surface area contributed by atoms with Crippen molar-refractivity contribution in [2.45, 2.75) is 69.4 Å². The van der Waals surface area contributed by atoms with Crippen LogP contribution in [0.3, 0.4) is 0 Å². The molecule has 5 rings (SSSR count). The van der Waals surface area contributed by atoms with Crippen LogP contribution in [-0.4, -0.2) is 73.5 Å². The summed E-state index contributed by atoms with van der Waals surface area (Å²) in [7, 11) is 0. The molecule has 0 saturated carbocycles. The van der Waals surface area contributed by atoms with E-state index < -0.39 is 67.1 Å². The molecule has 1 aliphatic heterocycles. The highest BCUT2D eigenvalue weighted by atomic mass is 32.7. The van der Waals surface area contributed by atoms with Gasteiger partial charge in [-0.1, -0.05) is 99.5 Å². The van der Waals surface area contributed by atoms with Gasteiger partial charge in [-0.2, -0.15) is 0 Å². The van der Waals surface area contributed by atoms with E-state index in [-0.39, 0.29) is 35.5 Å². The second kappa shape index (κ2) is 21.5. The standard InChI is InChI=1S/C42H45O12PS/c1-3-5-27-49-55(47,50-28-6-4-2)56-42-37(54-41(46)33-25-17-10-18-26-33)36(53-40(45)32-23-15-9-16-24-32)35(52-39(44)31-21-13-8-14-22-31)34(51-42)29-48-38(43)30-19-11-7-12-20-30/h7-26,34-37,42H,3-6,27-29H2,1-2H3/t34-,35-,36+,37-,42+/m1/s1.